The zero-order chi connectivity index (χ0) is 16.0. The summed E-state index contributed by atoms with van der Waals surface area (Å²) < 4.78 is 0. The fourth-order valence-electron chi connectivity index (χ4n) is 2.11. The van der Waals surface area contributed by atoms with Crippen LogP contribution in [-0.2, 0) is 9.59 Å². The van der Waals surface area contributed by atoms with Crippen molar-refractivity contribution < 1.29 is 24.6 Å². The van der Waals surface area contributed by atoms with Crippen molar-refractivity contribution in [3.05, 3.63) is 35.4 Å². The molecular formula is C15H19NO5. The summed E-state index contributed by atoms with van der Waals surface area (Å²) in [6, 6.07) is 5.81. The van der Waals surface area contributed by atoms with E-state index < -0.39 is 23.9 Å². The molecule has 1 rings (SSSR count). The maximum atomic E-state index is 12.6. The van der Waals surface area contributed by atoms with E-state index in [-0.39, 0.29) is 19.4 Å². The molecule has 1 unspecified atom stereocenters. The summed E-state index contributed by atoms with van der Waals surface area (Å²) in [5, 5.41) is 18.0. The predicted octanol–water partition coefficient (Wildman–Crippen LogP) is 1.78. The number of hydrogen-bond donors (Lipinski definition) is 2. The van der Waals surface area contributed by atoms with E-state index in [2.05, 4.69) is 0 Å². The van der Waals surface area contributed by atoms with Crippen molar-refractivity contribution >= 4 is 17.8 Å². The second kappa shape index (κ2) is 7.42. The molecule has 0 spiro atoms. The summed E-state index contributed by atoms with van der Waals surface area (Å²) >= 11 is 0. The molecule has 114 valence electrons. The van der Waals surface area contributed by atoms with Crippen LogP contribution in [0.1, 0.15) is 35.7 Å². The zero-order valence-electron chi connectivity index (χ0n) is 12.1. The van der Waals surface area contributed by atoms with Gasteiger partial charge in [0.1, 0.15) is 6.04 Å². The molecule has 6 nitrogen and oxygen atoms in total. The Hall–Kier alpha value is -2.37. The van der Waals surface area contributed by atoms with Crippen LogP contribution in [0.4, 0.5) is 0 Å². The number of rotatable bonds is 7. The van der Waals surface area contributed by atoms with Gasteiger partial charge in [-0.05, 0) is 25.0 Å². The first-order chi connectivity index (χ1) is 9.88. The number of carbonyl (C=O) groups excluding carboxylic acids is 1. The normalized spacial score (nSPS) is 11.7. The van der Waals surface area contributed by atoms with Gasteiger partial charge in [0.15, 0.2) is 0 Å². The Bertz CT molecular complexity index is 541. The number of aryl methyl sites for hydroxylation is 1. The van der Waals surface area contributed by atoms with Gasteiger partial charge in [0, 0.05) is 12.1 Å². The van der Waals surface area contributed by atoms with E-state index in [4.69, 9.17) is 5.11 Å². The Kier molecular flexibility index (Phi) is 5.90. The first kappa shape index (κ1) is 16.7. The van der Waals surface area contributed by atoms with Crippen molar-refractivity contribution in [2.24, 2.45) is 0 Å². The highest BCUT2D eigenvalue weighted by Gasteiger charge is 2.29. The van der Waals surface area contributed by atoms with E-state index in [1.54, 1.807) is 38.1 Å². The van der Waals surface area contributed by atoms with Crippen LogP contribution in [0, 0.1) is 6.92 Å². The molecule has 0 aromatic heterocycles. The van der Waals surface area contributed by atoms with Crippen LogP contribution >= 0.6 is 0 Å². The van der Waals surface area contributed by atoms with Crippen LogP contribution in [-0.4, -0.2) is 45.5 Å². The van der Waals surface area contributed by atoms with Crippen molar-refractivity contribution in [2.75, 3.05) is 6.54 Å². The standard InChI is InChI=1S/C15H19NO5/c1-3-12(15(20)21)16(9-8-13(17)18)14(19)11-7-5-4-6-10(11)2/h4-7,12H,3,8-9H2,1-2H3,(H,17,18)(H,20,21). The van der Waals surface area contributed by atoms with Crippen LogP contribution in [0.3, 0.4) is 0 Å². The minimum absolute atomic E-state index is 0.132. The van der Waals surface area contributed by atoms with Crippen molar-refractivity contribution in [1.29, 1.82) is 0 Å². The molecule has 2 N–H and O–H groups in total. The molecule has 0 aliphatic rings. The number of carboxylic acid groups (broad SMARTS) is 2. The third-order valence-electron chi connectivity index (χ3n) is 3.25. The maximum absolute atomic E-state index is 12.6. The first-order valence-corrected chi connectivity index (χ1v) is 6.69. The van der Waals surface area contributed by atoms with E-state index in [0.717, 1.165) is 10.5 Å². The van der Waals surface area contributed by atoms with Crippen LogP contribution in [0.15, 0.2) is 24.3 Å². The molecule has 0 aliphatic heterocycles. The molecule has 0 bridgehead atoms. The van der Waals surface area contributed by atoms with Gasteiger partial charge < -0.3 is 15.1 Å². The lowest BCUT2D eigenvalue weighted by molar-refractivity contribution is -0.144. The second-order valence-corrected chi connectivity index (χ2v) is 4.72. The summed E-state index contributed by atoms with van der Waals surface area (Å²) in [5.41, 5.74) is 1.12. The van der Waals surface area contributed by atoms with Crippen molar-refractivity contribution in [1.82, 2.24) is 4.90 Å². The van der Waals surface area contributed by atoms with Gasteiger partial charge in [-0.3, -0.25) is 9.59 Å². The maximum Gasteiger partial charge on any atom is 0.326 e. The van der Waals surface area contributed by atoms with Gasteiger partial charge in [-0.25, -0.2) is 4.79 Å². The Morgan fingerprint density at radius 2 is 1.81 bits per heavy atom. The topological polar surface area (TPSA) is 94.9 Å². The largest absolute Gasteiger partial charge is 0.481 e. The first-order valence-electron chi connectivity index (χ1n) is 6.69. The monoisotopic (exact) mass is 293 g/mol. The van der Waals surface area contributed by atoms with Crippen molar-refractivity contribution in [3.8, 4) is 0 Å². The molecule has 6 heteroatoms. The van der Waals surface area contributed by atoms with Crippen LogP contribution < -0.4 is 0 Å². The third-order valence-corrected chi connectivity index (χ3v) is 3.25. The molecule has 1 atom stereocenters. The Morgan fingerprint density at radius 3 is 2.29 bits per heavy atom. The summed E-state index contributed by atoms with van der Waals surface area (Å²) in [4.78, 5) is 35.7. The summed E-state index contributed by atoms with van der Waals surface area (Å²) in [6.45, 7) is 3.27. The number of aliphatic carboxylic acids is 2. The van der Waals surface area contributed by atoms with Gasteiger partial charge in [0.2, 0.25) is 0 Å². The Balaban J connectivity index is 3.10. The smallest absolute Gasteiger partial charge is 0.326 e. The SMILES string of the molecule is CCC(C(=O)O)N(CCC(=O)O)C(=O)c1ccccc1C. The Labute approximate surface area is 123 Å². The molecule has 0 fully saturated rings. The minimum Gasteiger partial charge on any atom is -0.481 e. The van der Waals surface area contributed by atoms with Crippen LogP contribution in [0.5, 0.6) is 0 Å². The zero-order valence-corrected chi connectivity index (χ0v) is 12.1. The summed E-state index contributed by atoms with van der Waals surface area (Å²) in [5.74, 6) is -2.66. The lowest BCUT2D eigenvalue weighted by Gasteiger charge is -2.28. The molecule has 1 amide bonds. The fourth-order valence-corrected chi connectivity index (χ4v) is 2.11. The molecule has 0 radical (unpaired) electrons. The molecule has 0 saturated carbocycles. The van der Waals surface area contributed by atoms with Gasteiger partial charge in [0.05, 0.1) is 6.42 Å². The van der Waals surface area contributed by atoms with E-state index in [1.807, 2.05) is 0 Å². The highest BCUT2D eigenvalue weighted by atomic mass is 16.4. The van der Waals surface area contributed by atoms with Gasteiger partial charge >= 0.3 is 11.9 Å². The number of benzene rings is 1. The van der Waals surface area contributed by atoms with Crippen molar-refractivity contribution in [3.63, 3.8) is 0 Å². The second-order valence-electron chi connectivity index (χ2n) is 4.72. The van der Waals surface area contributed by atoms with Gasteiger partial charge in [0.25, 0.3) is 5.91 Å². The summed E-state index contributed by atoms with van der Waals surface area (Å²) in [7, 11) is 0. The number of amides is 1. The third kappa shape index (κ3) is 4.30. The number of nitrogens with zero attached hydrogens (tertiary/aromatic N) is 1. The molecular weight excluding hydrogens is 274 g/mol. The minimum atomic E-state index is -1.13. The van der Waals surface area contributed by atoms with Crippen LogP contribution in [0.2, 0.25) is 0 Å². The van der Waals surface area contributed by atoms with Crippen LogP contribution in [0.25, 0.3) is 0 Å². The molecule has 1 aromatic carbocycles. The lowest BCUT2D eigenvalue weighted by atomic mass is 10.1. The molecule has 0 heterocycles. The van der Waals surface area contributed by atoms with E-state index >= 15 is 0 Å². The molecule has 0 aliphatic carbocycles. The number of hydrogen-bond acceptors (Lipinski definition) is 3. The molecule has 21 heavy (non-hydrogen) atoms. The molecule has 1 aromatic rings. The van der Waals surface area contributed by atoms with Gasteiger partial charge in [-0.15, -0.1) is 0 Å². The lowest BCUT2D eigenvalue weighted by Crippen LogP contribution is -2.46. The average Bonchev–Trinajstić information content (AvgIpc) is 2.42. The van der Waals surface area contributed by atoms with Gasteiger partial charge in [-0.2, -0.15) is 0 Å². The fraction of sp³-hybridized carbons (Fsp3) is 0.400. The highest BCUT2D eigenvalue weighted by Crippen LogP contribution is 2.15. The average molecular weight is 293 g/mol. The molecule has 0 saturated heterocycles. The summed E-state index contributed by atoms with van der Waals surface area (Å²) in [6.07, 6.45) is -0.0754. The Morgan fingerprint density at radius 1 is 1.19 bits per heavy atom. The number of carboxylic acids is 2. The predicted molar refractivity (Wildman–Crippen MR) is 76.2 cm³/mol. The van der Waals surface area contributed by atoms with E-state index in [9.17, 15) is 19.5 Å². The quantitative estimate of drug-likeness (QED) is 0.799. The number of carbonyl (C=O) groups is 3. The van der Waals surface area contributed by atoms with Crippen molar-refractivity contribution in [2.45, 2.75) is 32.7 Å². The van der Waals surface area contributed by atoms with E-state index in [1.165, 1.54) is 0 Å². The highest BCUT2D eigenvalue weighted by molar-refractivity contribution is 5.98. The van der Waals surface area contributed by atoms with E-state index in [0.29, 0.717) is 5.56 Å². The van der Waals surface area contributed by atoms with Gasteiger partial charge in [-0.1, -0.05) is 25.1 Å².